The van der Waals surface area contributed by atoms with E-state index in [0.717, 1.165) is 0 Å². The topological polar surface area (TPSA) is 51.0 Å². The Kier molecular flexibility index (Phi) is 2.33. The Morgan fingerprint density at radius 1 is 1.50 bits per heavy atom. The van der Waals surface area contributed by atoms with Crippen LogP contribution in [-0.2, 0) is 9.47 Å². The van der Waals surface area contributed by atoms with Gasteiger partial charge in [-0.2, -0.15) is 0 Å². The van der Waals surface area contributed by atoms with Crippen molar-refractivity contribution in [3.05, 3.63) is 0 Å². The molecule has 0 bridgehead atoms. The Bertz CT molecular complexity index is 217. The summed E-state index contributed by atoms with van der Waals surface area (Å²) in [7, 11) is 0. The molecular weight excluding hydrogens is 182 g/mol. The van der Waals surface area contributed by atoms with Crippen molar-refractivity contribution in [2.45, 2.75) is 32.2 Å². The second-order valence-electron chi connectivity index (χ2n) is 3.41. The molecule has 0 spiro atoms. The molecule has 0 aromatic heterocycles. The van der Waals surface area contributed by atoms with Crippen LogP contribution in [0.1, 0.15) is 20.8 Å². The van der Waals surface area contributed by atoms with Crippen LogP contribution in [0.25, 0.3) is 0 Å². The van der Waals surface area contributed by atoms with Gasteiger partial charge in [-0.1, -0.05) is 16.8 Å². The normalized spacial score (nSPS) is 35.5. The third-order valence-electron chi connectivity index (χ3n) is 1.69. The third-order valence-corrected chi connectivity index (χ3v) is 2.17. The standard InChI is InChI=1S/C7H12ClNO3/c1-6(2)11-4-7(3,12-6)5(8)9-10/h10H,4H2,1-3H3/t7-/m0/s1. The zero-order valence-corrected chi connectivity index (χ0v) is 8.05. The molecule has 1 saturated heterocycles. The molecule has 12 heavy (non-hydrogen) atoms. The first-order valence-electron chi connectivity index (χ1n) is 3.62. The molecule has 70 valence electrons. The van der Waals surface area contributed by atoms with Gasteiger partial charge in [-0.05, 0) is 20.8 Å². The molecule has 1 aliphatic rings. The number of ether oxygens (including phenoxy) is 2. The first-order chi connectivity index (χ1) is 5.40. The highest BCUT2D eigenvalue weighted by Crippen LogP contribution is 2.32. The summed E-state index contributed by atoms with van der Waals surface area (Å²) in [5.74, 6) is -0.667. The van der Waals surface area contributed by atoms with Crippen LogP contribution < -0.4 is 0 Å². The molecule has 0 saturated carbocycles. The minimum absolute atomic E-state index is 0.00748. The van der Waals surface area contributed by atoms with Gasteiger partial charge in [0, 0.05) is 0 Å². The highest BCUT2D eigenvalue weighted by Gasteiger charge is 2.45. The van der Waals surface area contributed by atoms with E-state index in [-0.39, 0.29) is 5.17 Å². The Morgan fingerprint density at radius 2 is 2.08 bits per heavy atom. The summed E-state index contributed by atoms with van der Waals surface area (Å²) in [6, 6.07) is 0. The lowest BCUT2D eigenvalue weighted by Gasteiger charge is -2.22. The number of halogens is 1. The average molecular weight is 194 g/mol. The molecular formula is C7H12ClNO3. The van der Waals surface area contributed by atoms with E-state index in [2.05, 4.69) is 5.16 Å². The van der Waals surface area contributed by atoms with Gasteiger partial charge >= 0.3 is 0 Å². The molecule has 1 heterocycles. The number of oxime groups is 1. The van der Waals surface area contributed by atoms with Gasteiger partial charge in [0.25, 0.3) is 0 Å². The summed E-state index contributed by atoms with van der Waals surface area (Å²) in [5.41, 5.74) is -0.820. The van der Waals surface area contributed by atoms with Crippen molar-refractivity contribution in [1.82, 2.24) is 0 Å². The van der Waals surface area contributed by atoms with Crippen molar-refractivity contribution < 1.29 is 14.7 Å². The van der Waals surface area contributed by atoms with Crippen molar-refractivity contribution in [1.29, 1.82) is 0 Å². The van der Waals surface area contributed by atoms with Crippen LogP contribution in [-0.4, -0.2) is 28.4 Å². The van der Waals surface area contributed by atoms with Gasteiger partial charge in [0.05, 0.1) is 6.61 Å². The molecule has 0 unspecified atom stereocenters. The van der Waals surface area contributed by atoms with E-state index < -0.39 is 11.4 Å². The van der Waals surface area contributed by atoms with Crippen molar-refractivity contribution in [2.24, 2.45) is 5.16 Å². The lowest BCUT2D eigenvalue weighted by Crippen LogP contribution is -2.36. The predicted molar refractivity (Wildman–Crippen MR) is 44.6 cm³/mol. The lowest BCUT2D eigenvalue weighted by molar-refractivity contribution is -0.144. The summed E-state index contributed by atoms with van der Waals surface area (Å²) < 4.78 is 10.7. The van der Waals surface area contributed by atoms with E-state index >= 15 is 0 Å². The summed E-state index contributed by atoms with van der Waals surface area (Å²) in [5, 5.41) is 11.3. The van der Waals surface area contributed by atoms with E-state index in [0.29, 0.717) is 6.61 Å². The minimum Gasteiger partial charge on any atom is -0.410 e. The highest BCUT2D eigenvalue weighted by molar-refractivity contribution is 6.67. The summed E-state index contributed by atoms with van der Waals surface area (Å²) >= 11 is 5.64. The molecule has 0 amide bonds. The first kappa shape index (κ1) is 9.77. The highest BCUT2D eigenvalue weighted by atomic mass is 35.5. The monoisotopic (exact) mass is 193 g/mol. The van der Waals surface area contributed by atoms with E-state index in [4.69, 9.17) is 26.3 Å². The van der Waals surface area contributed by atoms with Gasteiger partial charge in [0.2, 0.25) is 0 Å². The van der Waals surface area contributed by atoms with Gasteiger partial charge in [0.15, 0.2) is 11.0 Å². The fourth-order valence-electron chi connectivity index (χ4n) is 1.12. The third kappa shape index (κ3) is 1.71. The second kappa shape index (κ2) is 2.87. The maximum absolute atomic E-state index is 8.45. The zero-order chi connectivity index (χ0) is 9.41. The smallest absolute Gasteiger partial charge is 0.179 e. The van der Waals surface area contributed by atoms with Crippen molar-refractivity contribution in [2.75, 3.05) is 6.61 Å². The van der Waals surface area contributed by atoms with Crippen LogP contribution in [0.2, 0.25) is 0 Å². The predicted octanol–water partition coefficient (Wildman–Crippen LogP) is 1.55. The average Bonchev–Trinajstić information content (AvgIpc) is 2.25. The van der Waals surface area contributed by atoms with Crippen LogP contribution in [0.3, 0.4) is 0 Å². The largest absolute Gasteiger partial charge is 0.410 e. The van der Waals surface area contributed by atoms with Crippen LogP contribution in [0.5, 0.6) is 0 Å². The summed E-state index contributed by atoms with van der Waals surface area (Å²) in [6.45, 7) is 5.56. The van der Waals surface area contributed by atoms with Crippen molar-refractivity contribution in [3.8, 4) is 0 Å². The van der Waals surface area contributed by atoms with Crippen molar-refractivity contribution >= 4 is 16.8 Å². The van der Waals surface area contributed by atoms with E-state index in [9.17, 15) is 0 Å². The number of nitrogens with zero attached hydrogens (tertiary/aromatic N) is 1. The number of hydrogen-bond donors (Lipinski definition) is 1. The Hall–Kier alpha value is -0.320. The van der Waals surface area contributed by atoms with Gasteiger partial charge in [-0.15, -0.1) is 0 Å². The van der Waals surface area contributed by atoms with Gasteiger partial charge in [-0.3, -0.25) is 0 Å². The number of rotatable bonds is 1. The second-order valence-corrected chi connectivity index (χ2v) is 3.77. The van der Waals surface area contributed by atoms with E-state index in [1.807, 2.05) is 0 Å². The maximum Gasteiger partial charge on any atom is 0.179 e. The fraction of sp³-hybridized carbons (Fsp3) is 0.857. The Labute approximate surface area is 76.1 Å². The Morgan fingerprint density at radius 3 is 2.42 bits per heavy atom. The van der Waals surface area contributed by atoms with E-state index in [1.54, 1.807) is 20.8 Å². The zero-order valence-electron chi connectivity index (χ0n) is 7.30. The molecule has 1 atom stereocenters. The molecule has 0 radical (unpaired) electrons. The molecule has 1 rings (SSSR count). The SMILES string of the molecule is CC1(C)OC[C@@](C)(C(Cl)=NO)O1. The molecule has 1 N–H and O–H groups in total. The molecule has 4 nitrogen and oxygen atoms in total. The van der Waals surface area contributed by atoms with Crippen LogP contribution in [0.15, 0.2) is 5.16 Å². The van der Waals surface area contributed by atoms with Gasteiger partial charge < -0.3 is 14.7 Å². The lowest BCUT2D eigenvalue weighted by atomic mass is 10.1. The molecule has 1 aliphatic heterocycles. The van der Waals surface area contributed by atoms with E-state index in [1.165, 1.54) is 0 Å². The molecule has 1 fully saturated rings. The van der Waals surface area contributed by atoms with Gasteiger partial charge in [0.1, 0.15) is 5.60 Å². The Balaban J connectivity index is 2.78. The minimum atomic E-state index is -0.820. The molecule has 0 aromatic carbocycles. The first-order valence-corrected chi connectivity index (χ1v) is 4.00. The quantitative estimate of drug-likeness (QED) is 0.391. The number of hydrogen-bond acceptors (Lipinski definition) is 4. The summed E-state index contributed by atoms with van der Waals surface area (Å²) in [6.07, 6.45) is 0. The van der Waals surface area contributed by atoms with Crippen LogP contribution in [0.4, 0.5) is 0 Å². The summed E-state index contributed by atoms with van der Waals surface area (Å²) in [4.78, 5) is 0. The van der Waals surface area contributed by atoms with Crippen molar-refractivity contribution in [3.63, 3.8) is 0 Å². The fourth-order valence-corrected chi connectivity index (χ4v) is 1.21. The van der Waals surface area contributed by atoms with Crippen LogP contribution in [0, 0.1) is 0 Å². The van der Waals surface area contributed by atoms with Crippen LogP contribution >= 0.6 is 11.6 Å². The molecule has 0 aromatic rings. The van der Waals surface area contributed by atoms with Gasteiger partial charge in [-0.25, -0.2) is 0 Å². The molecule has 0 aliphatic carbocycles. The maximum atomic E-state index is 8.45. The molecule has 5 heteroatoms.